The molecule has 3 atom stereocenters. The number of aldehydes is 1. The number of hydrogen-bond donors (Lipinski definition) is 3. The highest BCUT2D eigenvalue weighted by Gasteiger charge is 2.51. The summed E-state index contributed by atoms with van der Waals surface area (Å²) in [6.45, 7) is 0.0457. The summed E-state index contributed by atoms with van der Waals surface area (Å²) in [4.78, 5) is 71.6. The van der Waals surface area contributed by atoms with Crippen LogP contribution in [-0.4, -0.2) is 76.4 Å². The third kappa shape index (κ3) is 6.15. The van der Waals surface area contributed by atoms with Gasteiger partial charge in [0, 0.05) is 12.0 Å². The van der Waals surface area contributed by atoms with E-state index in [0.717, 1.165) is 0 Å². The first-order valence-corrected chi connectivity index (χ1v) is 9.51. The van der Waals surface area contributed by atoms with Crippen LogP contribution >= 0.6 is 0 Å². The fraction of sp³-hybridized carbons (Fsp3) is 0.400. The zero-order valence-electron chi connectivity index (χ0n) is 16.9. The van der Waals surface area contributed by atoms with Gasteiger partial charge >= 0.3 is 5.97 Å². The van der Waals surface area contributed by atoms with Gasteiger partial charge in [-0.15, -0.1) is 0 Å². The van der Waals surface area contributed by atoms with Crippen molar-refractivity contribution in [2.24, 2.45) is 0 Å². The summed E-state index contributed by atoms with van der Waals surface area (Å²) < 4.78 is 28.0. The van der Waals surface area contributed by atoms with Crippen molar-refractivity contribution in [3.63, 3.8) is 0 Å². The van der Waals surface area contributed by atoms with E-state index < -0.39 is 72.9 Å². The molecule has 2 rings (SSSR count). The second kappa shape index (κ2) is 10.1. The molecule has 1 aliphatic heterocycles. The van der Waals surface area contributed by atoms with Crippen LogP contribution in [0.5, 0.6) is 0 Å². The number of carboxylic acid groups (broad SMARTS) is 1. The molecule has 0 aromatic heterocycles. The number of hydrogen-bond acceptors (Lipinski definition) is 6. The zero-order chi connectivity index (χ0) is 24.1. The number of halogens is 2. The maximum atomic E-state index is 14.0. The first-order chi connectivity index (χ1) is 14.9. The van der Waals surface area contributed by atoms with E-state index in [2.05, 4.69) is 5.32 Å². The maximum absolute atomic E-state index is 14.0. The molecular weight excluding hydrogens is 432 g/mol. The van der Waals surface area contributed by atoms with Crippen LogP contribution in [0.15, 0.2) is 30.3 Å². The highest BCUT2D eigenvalue weighted by molar-refractivity contribution is 6.43. The molecule has 10 nitrogen and oxygen atoms in total. The molecule has 12 heteroatoms. The Balaban J connectivity index is 2.10. The quantitative estimate of drug-likeness (QED) is 0.266. The number of nitrogens with one attached hydrogen (secondary N) is 2. The minimum atomic E-state index is -3.43. The molecule has 3 N–H and O–H groups in total. The van der Waals surface area contributed by atoms with Crippen molar-refractivity contribution >= 4 is 35.8 Å². The molecule has 0 radical (unpaired) electrons. The summed E-state index contributed by atoms with van der Waals surface area (Å²) in [7, 11) is 0. The van der Waals surface area contributed by atoms with Crippen LogP contribution in [0, 0.1) is 0 Å². The highest BCUT2D eigenvalue weighted by Crippen LogP contribution is 2.32. The molecule has 0 saturated carbocycles. The second-order valence-corrected chi connectivity index (χ2v) is 7.28. The molecule has 172 valence electrons. The molecule has 1 fully saturated rings. The Hall–Kier alpha value is -3.70. The summed E-state index contributed by atoms with van der Waals surface area (Å²) in [5.74, 6) is -9.07. The number of benzene rings is 1. The maximum Gasteiger partial charge on any atom is 0.305 e. The SMILES string of the molecule is C[C@H](NC(=O)C(=O)c1ccccc1)C(=O)N1CC(F)(F)C[C@H]1C(=O)N[C@H](C=O)CC(=O)O. The fourth-order valence-electron chi connectivity index (χ4n) is 3.18. The molecule has 0 spiro atoms. The zero-order valence-corrected chi connectivity index (χ0v) is 16.9. The van der Waals surface area contributed by atoms with E-state index in [1.165, 1.54) is 31.2 Å². The van der Waals surface area contributed by atoms with Crippen molar-refractivity contribution in [1.29, 1.82) is 0 Å². The molecule has 1 heterocycles. The van der Waals surface area contributed by atoms with Gasteiger partial charge < -0.3 is 25.4 Å². The number of likely N-dealkylation sites (tertiary alicyclic amines) is 1. The van der Waals surface area contributed by atoms with Crippen LogP contribution < -0.4 is 10.6 Å². The van der Waals surface area contributed by atoms with Gasteiger partial charge in [0.1, 0.15) is 18.4 Å². The lowest BCUT2D eigenvalue weighted by atomic mass is 10.1. The Kier molecular flexibility index (Phi) is 7.73. The number of ketones is 1. The first-order valence-electron chi connectivity index (χ1n) is 9.51. The van der Waals surface area contributed by atoms with Gasteiger partial charge in [-0.05, 0) is 6.92 Å². The molecule has 0 unspecified atom stereocenters. The van der Waals surface area contributed by atoms with Crippen LogP contribution in [0.1, 0.15) is 30.1 Å². The number of aliphatic carboxylic acids is 1. The van der Waals surface area contributed by atoms with Crippen LogP contribution in [-0.2, 0) is 24.0 Å². The molecular formula is C20H21F2N3O7. The van der Waals surface area contributed by atoms with Crippen molar-refractivity contribution in [2.75, 3.05) is 6.54 Å². The lowest BCUT2D eigenvalue weighted by molar-refractivity contribution is -0.142. The van der Waals surface area contributed by atoms with Crippen molar-refractivity contribution < 1.29 is 42.7 Å². The fourth-order valence-corrected chi connectivity index (χ4v) is 3.18. The van der Waals surface area contributed by atoms with Gasteiger partial charge in [-0.3, -0.25) is 24.0 Å². The molecule has 1 aromatic carbocycles. The van der Waals surface area contributed by atoms with E-state index in [1.807, 2.05) is 5.32 Å². The predicted octanol–water partition coefficient (Wildman–Crippen LogP) is -0.231. The minimum Gasteiger partial charge on any atom is -0.481 e. The van der Waals surface area contributed by atoms with Gasteiger partial charge in [-0.2, -0.15) is 0 Å². The monoisotopic (exact) mass is 453 g/mol. The third-order valence-corrected chi connectivity index (χ3v) is 4.70. The molecule has 1 saturated heterocycles. The number of alkyl halides is 2. The number of carbonyl (C=O) groups is 6. The van der Waals surface area contributed by atoms with Crippen molar-refractivity contribution in [1.82, 2.24) is 15.5 Å². The van der Waals surface area contributed by atoms with Gasteiger partial charge in [0.05, 0.1) is 19.0 Å². The van der Waals surface area contributed by atoms with E-state index in [9.17, 15) is 37.5 Å². The molecule has 1 aromatic rings. The van der Waals surface area contributed by atoms with Crippen LogP contribution in [0.25, 0.3) is 0 Å². The van der Waals surface area contributed by atoms with Crippen molar-refractivity contribution in [2.45, 2.75) is 43.8 Å². The van der Waals surface area contributed by atoms with E-state index in [-0.39, 0.29) is 11.8 Å². The Bertz CT molecular complexity index is 923. The summed E-state index contributed by atoms with van der Waals surface area (Å²) in [5.41, 5.74) is 0.0629. The molecule has 32 heavy (non-hydrogen) atoms. The second-order valence-electron chi connectivity index (χ2n) is 7.28. The molecule has 3 amide bonds. The lowest BCUT2D eigenvalue weighted by Gasteiger charge is -2.27. The molecule has 0 bridgehead atoms. The molecule has 1 aliphatic rings. The smallest absolute Gasteiger partial charge is 0.305 e. The lowest BCUT2D eigenvalue weighted by Crippen LogP contribution is -2.54. The van der Waals surface area contributed by atoms with E-state index >= 15 is 0 Å². The van der Waals surface area contributed by atoms with Crippen molar-refractivity contribution in [3.05, 3.63) is 35.9 Å². The summed E-state index contributed by atoms with van der Waals surface area (Å²) in [6.07, 6.45) is -1.67. The normalized spacial score (nSPS) is 18.8. The van der Waals surface area contributed by atoms with Crippen LogP contribution in [0.2, 0.25) is 0 Å². The standard InChI is InChI=1S/C20H21F2N3O7/c1-11(23-18(31)16(29)12-5-3-2-4-6-12)19(32)25-10-20(21,22)8-14(25)17(30)24-13(9-26)7-15(27)28/h2-6,9,11,13-14H,7-8,10H2,1H3,(H,23,31)(H,24,30)(H,27,28)/t11-,13-,14-/m0/s1. The number of nitrogens with zero attached hydrogens (tertiary/aromatic N) is 1. The summed E-state index contributed by atoms with van der Waals surface area (Å²) in [6, 6.07) is 2.88. The minimum absolute atomic E-state index is 0.0629. The number of Topliss-reactive ketones (excluding diaryl/α,β-unsaturated/α-hetero) is 1. The van der Waals surface area contributed by atoms with Gasteiger partial charge in [0.2, 0.25) is 17.6 Å². The Morgan fingerprint density at radius 3 is 2.38 bits per heavy atom. The third-order valence-electron chi connectivity index (χ3n) is 4.70. The average Bonchev–Trinajstić information content (AvgIpc) is 3.07. The Labute approximate surface area is 180 Å². The Morgan fingerprint density at radius 2 is 1.81 bits per heavy atom. The van der Waals surface area contributed by atoms with E-state index in [4.69, 9.17) is 5.11 Å². The number of carboxylic acids is 1. The van der Waals surface area contributed by atoms with Gasteiger partial charge in [-0.25, -0.2) is 8.78 Å². The predicted molar refractivity (Wildman–Crippen MR) is 104 cm³/mol. The summed E-state index contributed by atoms with van der Waals surface area (Å²) in [5, 5.41) is 12.9. The number of amides is 3. The Morgan fingerprint density at radius 1 is 1.19 bits per heavy atom. The van der Waals surface area contributed by atoms with Crippen LogP contribution in [0.4, 0.5) is 8.78 Å². The van der Waals surface area contributed by atoms with Crippen LogP contribution in [0.3, 0.4) is 0 Å². The van der Waals surface area contributed by atoms with E-state index in [1.54, 1.807) is 6.07 Å². The van der Waals surface area contributed by atoms with Gasteiger partial charge in [0.25, 0.3) is 11.8 Å². The summed E-state index contributed by atoms with van der Waals surface area (Å²) >= 11 is 0. The molecule has 0 aliphatic carbocycles. The largest absolute Gasteiger partial charge is 0.481 e. The van der Waals surface area contributed by atoms with Gasteiger partial charge in [-0.1, -0.05) is 30.3 Å². The van der Waals surface area contributed by atoms with E-state index in [0.29, 0.717) is 4.90 Å². The topological polar surface area (TPSA) is 150 Å². The van der Waals surface area contributed by atoms with Gasteiger partial charge in [0.15, 0.2) is 0 Å². The number of carbonyl (C=O) groups excluding carboxylic acids is 5. The highest BCUT2D eigenvalue weighted by atomic mass is 19.3. The number of rotatable bonds is 9. The van der Waals surface area contributed by atoms with Crippen molar-refractivity contribution in [3.8, 4) is 0 Å². The first kappa shape index (κ1) is 24.6. The average molecular weight is 453 g/mol.